The van der Waals surface area contributed by atoms with Crippen LogP contribution in [0, 0.1) is 12.8 Å². The minimum atomic E-state index is -4.52. The normalized spacial score (nSPS) is 16.5. The number of aromatic nitrogens is 3. The summed E-state index contributed by atoms with van der Waals surface area (Å²) in [5, 5.41) is 4.44. The van der Waals surface area contributed by atoms with E-state index in [9.17, 15) is 13.2 Å². The number of nitrogens with one attached hydrogen (secondary N) is 1. The van der Waals surface area contributed by atoms with Crippen molar-refractivity contribution < 1.29 is 13.2 Å². The highest BCUT2D eigenvalue weighted by molar-refractivity contribution is 6.31. The van der Waals surface area contributed by atoms with Crippen molar-refractivity contribution in [3.8, 4) is 0 Å². The predicted octanol–water partition coefficient (Wildman–Crippen LogP) is 4.95. The van der Waals surface area contributed by atoms with Crippen LogP contribution >= 0.6 is 11.6 Å². The summed E-state index contributed by atoms with van der Waals surface area (Å²) in [6.45, 7) is 3.82. The van der Waals surface area contributed by atoms with Crippen molar-refractivity contribution in [2.75, 3.05) is 13.1 Å². The quantitative estimate of drug-likeness (QED) is 0.680. The van der Waals surface area contributed by atoms with Crippen molar-refractivity contribution in [1.29, 1.82) is 0 Å². The molecule has 8 heteroatoms. The highest BCUT2D eigenvalue weighted by atomic mass is 35.5. The van der Waals surface area contributed by atoms with Crippen LogP contribution in [0.3, 0.4) is 0 Å². The van der Waals surface area contributed by atoms with Crippen molar-refractivity contribution in [2.45, 2.75) is 38.9 Å². The second-order valence-electron chi connectivity index (χ2n) is 7.12. The Hall–Kier alpha value is -1.86. The highest BCUT2D eigenvalue weighted by Gasteiger charge is 2.38. The summed E-state index contributed by atoms with van der Waals surface area (Å²) < 4.78 is 42.5. The third-order valence-corrected chi connectivity index (χ3v) is 5.52. The Morgan fingerprint density at radius 1 is 1.22 bits per heavy atom. The van der Waals surface area contributed by atoms with Crippen LogP contribution in [0.4, 0.5) is 13.2 Å². The number of piperidine rings is 1. The minimum Gasteiger partial charge on any atom is -0.320 e. The maximum atomic E-state index is 13.7. The molecule has 1 saturated heterocycles. The van der Waals surface area contributed by atoms with E-state index in [1.165, 1.54) is 4.57 Å². The predicted molar refractivity (Wildman–Crippen MR) is 100.0 cm³/mol. The van der Waals surface area contributed by atoms with Gasteiger partial charge < -0.3 is 9.88 Å². The van der Waals surface area contributed by atoms with Crippen LogP contribution in [0.25, 0.3) is 21.9 Å². The SMILES string of the molecule is Cc1nc2cc(Cl)ccc2c2c1nc(C(F)(F)F)n2CCC1CCNCC1. The Balaban J connectivity index is 1.88. The van der Waals surface area contributed by atoms with Crippen molar-refractivity contribution in [3.05, 3.63) is 34.7 Å². The van der Waals surface area contributed by atoms with Crippen molar-refractivity contribution in [3.63, 3.8) is 0 Å². The molecule has 0 amide bonds. The summed E-state index contributed by atoms with van der Waals surface area (Å²) in [5.41, 5.74) is 1.87. The number of fused-ring (bicyclic) bond motifs is 3. The molecule has 4 rings (SSSR count). The average Bonchev–Trinajstić information content (AvgIpc) is 3.01. The van der Waals surface area contributed by atoms with Gasteiger partial charge in [0.15, 0.2) is 0 Å². The first kappa shape index (κ1) is 18.5. The molecular formula is C19H20ClF3N4. The fourth-order valence-electron chi connectivity index (χ4n) is 3.93. The average molecular weight is 397 g/mol. The number of pyridine rings is 1. The third-order valence-electron chi connectivity index (χ3n) is 5.29. The van der Waals surface area contributed by atoms with Crippen molar-refractivity contribution in [2.24, 2.45) is 5.92 Å². The molecular weight excluding hydrogens is 377 g/mol. The molecule has 0 atom stereocenters. The van der Waals surface area contributed by atoms with Crippen LogP contribution < -0.4 is 5.32 Å². The second-order valence-corrected chi connectivity index (χ2v) is 7.56. The molecule has 0 spiro atoms. The van der Waals surface area contributed by atoms with Crippen LogP contribution in [-0.4, -0.2) is 27.6 Å². The van der Waals surface area contributed by atoms with Gasteiger partial charge in [-0.15, -0.1) is 0 Å². The first-order valence-corrected chi connectivity index (χ1v) is 9.46. The molecule has 0 aliphatic carbocycles. The van der Waals surface area contributed by atoms with Gasteiger partial charge in [-0.3, -0.25) is 4.98 Å². The summed E-state index contributed by atoms with van der Waals surface area (Å²) in [6, 6.07) is 5.09. The number of alkyl halides is 3. The molecule has 0 bridgehead atoms. The molecule has 27 heavy (non-hydrogen) atoms. The van der Waals surface area contributed by atoms with Gasteiger partial charge >= 0.3 is 6.18 Å². The van der Waals surface area contributed by atoms with Crippen molar-refractivity contribution in [1.82, 2.24) is 19.9 Å². The van der Waals surface area contributed by atoms with Crippen molar-refractivity contribution >= 4 is 33.5 Å². The Kier molecular flexibility index (Phi) is 4.76. The third kappa shape index (κ3) is 3.50. The van der Waals surface area contributed by atoms with E-state index in [1.807, 2.05) is 0 Å². The van der Waals surface area contributed by atoms with E-state index >= 15 is 0 Å². The smallest absolute Gasteiger partial charge is 0.320 e. The maximum Gasteiger partial charge on any atom is 0.449 e. The van der Waals surface area contributed by atoms with Crippen LogP contribution in [0.15, 0.2) is 18.2 Å². The van der Waals surface area contributed by atoms with E-state index in [0.717, 1.165) is 25.9 Å². The number of benzene rings is 1. The number of halogens is 4. The molecule has 0 saturated carbocycles. The summed E-state index contributed by atoms with van der Waals surface area (Å²) in [7, 11) is 0. The van der Waals surface area contributed by atoms with E-state index in [-0.39, 0.29) is 6.54 Å². The summed E-state index contributed by atoms with van der Waals surface area (Å²) >= 11 is 6.05. The standard InChI is InChI=1S/C19H20ClF3N4/c1-11-16-17(14-3-2-13(20)10-15(14)25-11)27(18(26-16)19(21,22)23)9-6-12-4-7-24-8-5-12/h2-3,10,12,24H,4-9H2,1H3. The number of imidazole rings is 1. The van der Waals surface area contributed by atoms with Crippen LogP contribution in [0.5, 0.6) is 0 Å². The fourth-order valence-corrected chi connectivity index (χ4v) is 4.09. The first-order chi connectivity index (χ1) is 12.8. The van der Waals surface area contributed by atoms with Gasteiger partial charge in [-0.25, -0.2) is 4.98 Å². The lowest BCUT2D eigenvalue weighted by Crippen LogP contribution is -2.28. The highest BCUT2D eigenvalue weighted by Crippen LogP contribution is 2.36. The molecule has 1 aliphatic rings. The Bertz CT molecular complexity index is 990. The van der Waals surface area contributed by atoms with E-state index in [2.05, 4.69) is 15.3 Å². The minimum absolute atomic E-state index is 0.289. The van der Waals surface area contributed by atoms with Gasteiger partial charge in [0.1, 0.15) is 5.52 Å². The number of rotatable bonds is 3. The number of hydrogen-bond donors (Lipinski definition) is 1. The van der Waals surface area contributed by atoms with E-state index in [4.69, 9.17) is 11.6 Å². The molecule has 0 radical (unpaired) electrons. The molecule has 2 aromatic heterocycles. The first-order valence-electron chi connectivity index (χ1n) is 9.08. The lowest BCUT2D eigenvalue weighted by Gasteiger charge is -2.23. The molecule has 0 unspecified atom stereocenters. The summed E-state index contributed by atoms with van der Waals surface area (Å²) in [5.74, 6) is -0.424. The van der Waals surface area contributed by atoms with Gasteiger partial charge in [0.2, 0.25) is 5.82 Å². The Labute approximate surface area is 159 Å². The zero-order chi connectivity index (χ0) is 19.2. The number of aryl methyl sites for hydroxylation is 2. The number of nitrogens with zero attached hydrogens (tertiary/aromatic N) is 3. The second kappa shape index (κ2) is 6.95. The molecule has 1 fully saturated rings. The van der Waals surface area contributed by atoms with Crippen LogP contribution in [-0.2, 0) is 12.7 Å². The van der Waals surface area contributed by atoms with Gasteiger partial charge in [0.25, 0.3) is 0 Å². The van der Waals surface area contributed by atoms with E-state index in [1.54, 1.807) is 25.1 Å². The zero-order valence-electron chi connectivity index (χ0n) is 14.9. The lowest BCUT2D eigenvalue weighted by atomic mass is 9.94. The summed E-state index contributed by atoms with van der Waals surface area (Å²) in [4.78, 5) is 8.37. The molecule has 3 heterocycles. The molecule has 144 valence electrons. The number of hydrogen-bond acceptors (Lipinski definition) is 3. The largest absolute Gasteiger partial charge is 0.449 e. The lowest BCUT2D eigenvalue weighted by molar-refractivity contribution is -0.147. The molecule has 1 aliphatic heterocycles. The molecule has 4 nitrogen and oxygen atoms in total. The van der Waals surface area contributed by atoms with Gasteiger partial charge in [-0.05, 0) is 63.4 Å². The molecule has 3 aromatic rings. The van der Waals surface area contributed by atoms with E-state index in [0.29, 0.717) is 45.0 Å². The van der Waals surface area contributed by atoms with Crippen LogP contribution in [0.1, 0.15) is 30.8 Å². The van der Waals surface area contributed by atoms with Crippen LogP contribution in [0.2, 0.25) is 5.02 Å². The maximum absolute atomic E-state index is 13.7. The molecule has 1 aromatic carbocycles. The Morgan fingerprint density at radius 2 is 1.96 bits per heavy atom. The van der Waals surface area contributed by atoms with Gasteiger partial charge in [0, 0.05) is 17.0 Å². The summed E-state index contributed by atoms with van der Waals surface area (Å²) in [6.07, 6.45) is -1.83. The van der Waals surface area contributed by atoms with E-state index < -0.39 is 12.0 Å². The monoisotopic (exact) mass is 396 g/mol. The van der Waals surface area contributed by atoms with Gasteiger partial charge in [-0.2, -0.15) is 13.2 Å². The molecule has 1 N–H and O–H groups in total. The zero-order valence-corrected chi connectivity index (χ0v) is 15.7. The fraction of sp³-hybridized carbons (Fsp3) is 0.474. The van der Waals surface area contributed by atoms with Gasteiger partial charge in [0.05, 0.1) is 16.7 Å². The Morgan fingerprint density at radius 3 is 2.67 bits per heavy atom. The van der Waals surface area contributed by atoms with Gasteiger partial charge in [-0.1, -0.05) is 11.6 Å². The topological polar surface area (TPSA) is 42.7 Å².